The van der Waals surface area contributed by atoms with Crippen molar-refractivity contribution in [2.75, 3.05) is 46.5 Å². The predicted octanol–water partition coefficient (Wildman–Crippen LogP) is 4.04. The lowest BCUT2D eigenvalue weighted by Gasteiger charge is -2.31. The number of guanidine groups is 1. The Kier molecular flexibility index (Phi) is 14.9. The molecule has 0 bridgehead atoms. The van der Waals surface area contributed by atoms with Gasteiger partial charge in [0.1, 0.15) is 12.4 Å². The molecule has 1 aromatic carbocycles. The maximum absolute atomic E-state index is 6.00. The number of benzene rings is 1. The topological polar surface area (TPSA) is 58.1 Å². The molecule has 0 spiro atoms. The maximum atomic E-state index is 6.00. The van der Waals surface area contributed by atoms with Crippen LogP contribution in [0, 0.1) is 0 Å². The Balaban J connectivity index is 0.00000450. The van der Waals surface area contributed by atoms with Gasteiger partial charge in [-0.25, -0.2) is 4.99 Å². The van der Waals surface area contributed by atoms with Crippen LogP contribution in [0.5, 0.6) is 5.75 Å². The van der Waals surface area contributed by atoms with E-state index in [4.69, 9.17) is 14.5 Å². The zero-order valence-corrected chi connectivity index (χ0v) is 21.3. The quantitative estimate of drug-likeness (QED) is 0.184. The van der Waals surface area contributed by atoms with Crippen molar-refractivity contribution in [3.63, 3.8) is 0 Å². The minimum atomic E-state index is 0. The van der Waals surface area contributed by atoms with Gasteiger partial charge in [-0.3, -0.25) is 4.90 Å². The van der Waals surface area contributed by atoms with Crippen molar-refractivity contribution in [2.45, 2.75) is 58.5 Å². The van der Waals surface area contributed by atoms with Crippen LogP contribution in [0.1, 0.15) is 51.5 Å². The number of hydrogen-bond acceptors (Lipinski definition) is 4. The third-order valence-electron chi connectivity index (χ3n) is 5.26. The average Bonchev–Trinajstić information content (AvgIpc) is 2.76. The largest absolute Gasteiger partial charge is 0.492 e. The van der Waals surface area contributed by atoms with Crippen LogP contribution in [-0.2, 0) is 11.3 Å². The summed E-state index contributed by atoms with van der Waals surface area (Å²) in [5.74, 6) is 1.80. The summed E-state index contributed by atoms with van der Waals surface area (Å²) in [7, 11) is 2.18. The first-order chi connectivity index (χ1) is 14.2. The monoisotopic (exact) mass is 532 g/mol. The van der Waals surface area contributed by atoms with Crippen molar-refractivity contribution in [3.8, 4) is 5.75 Å². The standard InChI is InChI=1S/C23H40N4O2.HI/c1-4-6-7-13-25-23(24-5-2)26-19-20-9-8-10-22(18-20)29-17-14-27(3)21-11-15-28-16-12-21;/h8-10,18,21H,4-7,11-17,19H2,1-3H3,(H2,24,25,26);1H. The van der Waals surface area contributed by atoms with Gasteiger partial charge in [0.15, 0.2) is 5.96 Å². The molecule has 2 N–H and O–H groups in total. The summed E-state index contributed by atoms with van der Waals surface area (Å²) in [6.07, 6.45) is 5.88. The predicted molar refractivity (Wildman–Crippen MR) is 136 cm³/mol. The smallest absolute Gasteiger partial charge is 0.191 e. The molecule has 6 nitrogen and oxygen atoms in total. The lowest BCUT2D eigenvalue weighted by Crippen LogP contribution is -2.38. The number of nitrogens with one attached hydrogen (secondary N) is 2. The Bertz CT molecular complexity index is 594. The molecule has 1 aromatic rings. The van der Waals surface area contributed by atoms with E-state index in [0.29, 0.717) is 19.2 Å². The van der Waals surface area contributed by atoms with Crippen molar-refractivity contribution in [3.05, 3.63) is 29.8 Å². The van der Waals surface area contributed by atoms with Crippen LogP contribution >= 0.6 is 24.0 Å². The summed E-state index contributed by atoms with van der Waals surface area (Å²) in [5.41, 5.74) is 1.16. The van der Waals surface area contributed by atoms with Gasteiger partial charge < -0.3 is 20.1 Å². The van der Waals surface area contributed by atoms with Crippen LogP contribution in [0.25, 0.3) is 0 Å². The third kappa shape index (κ3) is 10.8. The number of nitrogens with zero attached hydrogens (tertiary/aromatic N) is 2. The van der Waals surface area contributed by atoms with Crippen LogP contribution in [0.3, 0.4) is 0 Å². The molecule has 1 heterocycles. The molecular weight excluding hydrogens is 491 g/mol. The SMILES string of the molecule is CCCCCNC(=NCc1cccc(OCCN(C)C2CCOCC2)c1)NCC.I. The first-order valence-corrected chi connectivity index (χ1v) is 11.2. The molecule has 172 valence electrons. The van der Waals surface area contributed by atoms with Crippen molar-refractivity contribution in [1.82, 2.24) is 15.5 Å². The molecule has 0 radical (unpaired) electrons. The summed E-state index contributed by atoms with van der Waals surface area (Å²) in [4.78, 5) is 7.10. The summed E-state index contributed by atoms with van der Waals surface area (Å²) >= 11 is 0. The fourth-order valence-electron chi connectivity index (χ4n) is 3.44. The van der Waals surface area contributed by atoms with Crippen molar-refractivity contribution >= 4 is 29.9 Å². The summed E-state index contributed by atoms with van der Waals surface area (Å²) in [6.45, 7) is 10.2. The molecule has 0 unspecified atom stereocenters. The summed E-state index contributed by atoms with van der Waals surface area (Å²) < 4.78 is 11.4. The Morgan fingerprint density at radius 2 is 2.00 bits per heavy atom. The lowest BCUT2D eigenvalue weighted by molar-refractivity contribution is 0.0392. The molecule has 1 saturated heterocycles. The number of unbranched alkanes of at least 4 members (excludes halogenated alkanes) is 2. The van der Waals surface area contributed by atoms with Crippen LogP contribution in [0.2, 0.25) is 0 Å². The van der Waals surface area contributed by atoms with Gasteiger partial charge in [-0.2, -0.15) is 0 Å². The Morgan fingerprint density at radius 1 is 1.20 bits per heavy atom. The molecule has 0 atom stereocenters. The van der Waals surface area contributed by atoms with Crippen LogP contribution in [-0.4, -0.2) is 63.4 Å². The molecule has 0 amide bonds. The second kappa shape index (κ2) is 16.6. The highest BCUT2D eigenvalue weighted by Crippen LogP contribution is 2.15. The van der Waals surface area contributed by atoms with Crippen LogP contribution < -0.4 is 15.4 Å². The molecule has 7 heteroatoms. The van der Waals surface area contributed by atoms with E-state index in [1.54, 1.807) is 0 Å². The Morgan fingerprint density at radius 3 is 2.73 bits per heavy atom. The first-order valence-electron chi connectivity index (χ1n) is 11.2. The molecule has 30 heavy (non-hydrogen) atoms. The molecule has 0 saturated carbocycles. The van der Waals surface area contributed by atoms with Crippen molar-refractivity contribution in [1.29, 1.82) is 0 Å². The molecule has 0 aliphatic carbocycles. The lowest BCUT2D eigenvalue weighted by atomic mass is 10.1. The molecule has 2 rings (SSSR count). The second-order valence-electron chi connectivity index (χ2n) is 7.65. The number of hydrogen-bond donors (Lipinski definition) is 2. The van der Waals surface area contributed by atoms with Crippen LogP contribution in [0.4, 0.5) is 0 Å². The van der Waals surface area contributed by atoms with Gasteiger partial charge in [0.25, 0.3) is 0 Å². The minimum absolute atomic E-state index is 0. The van der Waals surface area contributed by atoms with E-state index in [0.717, 1.165) is 63.0 Å². The molecular formula is C23H41IN4O2. The zero-order valence-electron chi connectivity index (χ0n) is 19.0. The molecule has 1 fully saturated rings. The number of halogens is 1. The second-order valence-corrected chi connectivity index (χ2v) is 7.65. The average molecular weight is 533 g/mol. The van der Waals surface area contributed by atoms with Gasteiger partial charge in [-0.1, -0.05) is 31.9 Å². The fourth-order valence-corrected chi connectivity index (χ4v) is 3.44. The third-order valence-corrected chi connectivity index (χ3v) is 5.26. The van der Waals surface area contributed by atoms with E-state index in [2.05, 4.69) is 48.6 Å². The number of likely N-dealkylation sites (N-methyl/N-ethyl adjacent to an activating group) is 1. The number of ether oxygens (including phenoxy) is 2. The molecule has 0 aromatic heterocycles. The highest BCUT2D eigenvalue weighted by molar-refractivity contribution is 14.0. The van der Waals surface area contributed by atoms with E-state index in [9.17, 15) is 0 Å². The highest BCUT2D eigenvalue weighted by Gasteiger charge is 2.17. The van der Waals surface area contributed by atoms with Gasteiger partial charge in [-0.05, 0) is 50.9 Å². The van der Waals surface area contributed by atoms with Crippen LogP contribution in [0.15, 0.2) is 29.3 Å². The summed E-state index contributed by atoms with van der Waals surface area (Å²) in [5, 5.41) is 6.73. The normalized spacial score (nSPS) is 15.0. The van der Waals surface area contributed by atoms with Crippen molar-refractivity contribution < 1.29 is 9.47 Å². The van der Waals surface area contributed by atoms with E-state index in [1.165, 1.54) is 19.3 Å². The highest BCUT2D eigenvalue weighted by atomic mass is 127. The number of rotatable bonds is 12. The zero-order chi connectivity index (χ0) is 20.7. The molecule has 1 aliphatic heterocycles. The Labute approximate surface area is 200 Å². The first kappa shape index (κ1) is 27.0. The minimum Gasteiger partial charge on any atom is -0.492 e. The van der Waals surface area contributed by atoms with Gasteiger partial charge in [0.05, 0.1) is 6.54 Å². The van der Waals surface area contributed by atoms with E-state index < -0.39 is 0 Å². The fraction of sp³-hybridized carbons (Fsp3) is 0.696. The molecule has 1 aliphatic rings. The Hall–Kier alpha value is -1.06. The van der Waals surface area contributed by atoms with E-state index >= 15 is 0 Å². The van der Waals surface area contributed by atoms with Crippen molar-refractivity contribution in [2.24, 2.45) is 4.99 Å². The van der Waals surface area contributed by atoms with Gasteiger partial charge in [0, 0.05) is 38.9 Å². The van der Waals surface area contributed by atoms with E-state index in [-0.39, 0.29) is 24.0 Å². The summed E-state index contributed by atoms with van der Waals surface area (Å²) in [6, 6.07) is 8.88. The maximum Gasteiger partial charge on any atom is 0.191 e. The van der Waals surface area contributed by atoms with Gasteiger partial charge in [0.2, 0.25) is 0 Å². The van der Waals surface area contributed by atoms with Gasteiger partial charge >= 0.3 is 0 Å². The number of aliphatic imine (C=N–C) groups is 1. The van der Waals surface area contributed by atoms with E-state index in [1.807, 2.05) is 12.1 Å². The van der Waals surface area contributed by atoms with Gasteiger partial charge in [-0.15, -0.1) is 24.0 Å².